The summed E-state index contributed by atoms with van der Waals surface area (Å²) in [4.78, 5) is 32.9. The molecule has 1 fully saturated rings. The van der Waals surface area contributed by atoms with Crippen LogP contribution in [-0.2, 0) is 28.1 Å². The summed E-state index contributed by atoms with van der Waals surface area (Å²) in [5.41, 5.74) is 3.33. The summed E-state index contributed by atoms with van der Waals surface area (Å²) in [6.45, 7) is 8.03. The van der Waals surface area contributed by atoms with Crippen molar-refractivity contribution in [2.45, 2.75) is 45.7 Å². The summed E-state index contributed by atoms with van der Waals surface area (Å²) < 4.78 is 0. The first-order chi connectivity index (χ1) is 13.2. The number of benzene rings is 1. The van der Waals surface area contributed by atoms with Gasteiger partial charge in [-0.2, -0.15) is 0 Å². The first kappa shape index (κ1) is 20.1. The fourth-order valence-electron chi connectivity index (χ4n) is 3.55. The fourth-order valence-corrected chi connectivity index (χ4v) is 3.55. The standard InChI is InChI=1S/C23H29N3O2/c1-23(2,3)19-10-8-17(9-11-19)14-25(4)22(28)18-13-21(27)26(15-18)16-20-7-5-6-12-24-20/h5-12,18H,13-16H2,1-4H3/t18-/m1/s1. The van der Waals surface area contributed by atoms with Crippen LogP contribution in [-0.4, -0.2) is 40.2 Å². The smallest absolute Gasteiger partial charge is 0.228 e. The van der Waals surface area contributed by atoms with Crippen molar-refractivity contribution in [2.24, 2.45) is 5.92 Å². The minimum Gasteiger partial charge on any atom is -0.341 e. The van der Waals surface area contributed by atoms with Crippen molar-refractivity contribution in [2.75, 3.05) is 13.6 Å². The number of hydrogen-bond donors (Lipinski definition) is 0. The quantitative estimate of drug-likeness (QED) is 0.800. The summed E-state index contributed by atoms with van der Waals surface area (Å²) >= 11 is 0. The van der Waals surface area contributed by atoms with Crippen molar-refractivity contribution in [1.29, 1.82) is 0 Å². The highest BCUT2D eigenvalue weighted by atomic mass is 16.2. The van der Waals surface area contributed by atoms with Gasteiger partial charge in [0.1, 0.15) is 0 Å². The average molecular weight is 380 g/mol. The molecule has 1 aliphatic heterocycles. The molecule has 0 aliphatic carbocycles. The highest BCUT2D eigenvalue weighted by molar-refractivity contribution is 5.89. The Morgan fingerprint density at radius 2 is 1.89 bits per heavy atom. The van der Waals surface area contributed by atoms with E-state index in [9.17, 15) is 9.59 Å². The summed E-state index contributed by atoms with van der Waals surface area (Å²) in [6.07, 6.45) is 2.00. The number of aromatic nitrogens is 1. The van der Waals surface area contributed by atoms with Gasteiger partial charge >= 0.3 is 0 Å². The summed E-state index contributed by atoms with van der Waals surface area (Å²) in [5, 5.41) is 0. The lowest BCUT2D eigenvalue weighted by atomic mass is 9.87. The predicted molar refractivity (Wildman–Crippen MR) is 109 cm³/mol. The molecule has 2 amide bonds. The SMILES string of the molecule is CN(Cc1ccc(C(C)(C)C)cc1)C(=O)[C@@H]1CC(=O)N(Cc2ccccn2)C1. The Morgan fingerprint density at radius 1 is 1.18 bits per heavy atom. The van der Waals surface area contributed by atoms with E-state index in [2.05, 4.69) is 50.0 Å². The minimum absolute atomic E-state index is 0.0203. The molecule has 5 nitrogen and oxygen atoms in total. The van der Waals surface area contributed by atoms with Crippen LogP contribution < -0.4 is 0 Å². The summed E-state index contributed by atoms with van der Waals surface area (Å²) in [7, 11) is 1.81. The molecule has 0 N–H and O–H groups in total. The van der Waals surface area contributed by atoms with Gasteiger partial charge in [-0.05, 0) is 28.7 Å². The Labute approximate surface area is 167 Å². The van der Waals surface area contributed by atoms with Crippen LogP contribution in [0.4, 0.5) is 0 Å². The van der Waals surface area contributed by atoms with Crippen LogP contribution >= 0.6 is 0 Å². The lowest BCUT2D eigenvalue weighted by Gasteiger charge is -2.23. The molecule has 1 aromatic carbocycles. The van der Waals surface area contributed by atoms with Gasteiger partial charge in [0.05, 0.1) is 18.2 Å². The van der Waals surface area contributed by atoms with Crippen LogP contribution in [0, 0.1) is 5.92 Å². The molecule has 1 saturated heterocycles. The Hall–Kier alpha value is -2.69. The van der Waals surface area contributed by atoms with Crippen LogP contribution in [0.2, 0.25) is 0 Å². The van der Waals surface area contributed by atoms with Gasteiger partial charge < -0.3 is 9.80 Å². The number of hydrogen-bond acceptors (Lipinski definition) is 3. The molecule has 0 spiro atoms. The van der Waals surface area contributed by atoms with Gasteiger partial charge in [-0.3, -0.25) is 14.6 Å². The third-order valence-corrected chi connectivity index (χ3v) is 5.26. The number of carbonyl (C=O) groups excluding carboxylic acids is 2. The van der Waals surface area contributed by atoms with Crippen LogP contribution in [0.15, 0.2) is 48.7 Å². The maximum Gasteiger partial charge on any atom is 0.228 e. The van der Waals surface area contributed by atoms with E-state index in [0.717, 1.165) is 11.3 Å². The lowest BCUT2D eigenvalue weighted by Crippen LogP contribution is -2.34. The van der Waals surface area contributed by atoms with Crippen LogP contribution in [0.3, 0.4) is 0 Å². The molecular weight excluding hydrogens is 350 g/mol. The van der Waals surface area contributed by atoms with Gasteiger partial charge in [0.15, 0.2) is 0 Å². The first-order valence-electron chi connectivity index (χ1n) is 9.76. The zero-order valence-electron chi connectivity index (χ0n) is 17.2. The van der Waals surface area contributed by atoms with Crippen molar-refractivity contribution in [3.63, 3.8) is 0 Å². The topological polar surface area (TPSA) is 53.5 Å². The Balaban J connectivity index is 1.58. The van der Waals surface area contributed by atoms with E-state index in [1.807, 2.05) is 25.2 Å². The summed E-state index contributed by atoms with van der Waals surface area (Å²) in [6, 6.07) is 14.1. The Morgan fingerprint density at radius 3 is 2.50 bits per heavy atom. The second-order valence-electron chi connectivity index (χ2n) is 8.64. The molecule has 2 aromatic rings. The molecule has 1 aromatic heterocycles. The molecule has 1 atom stereocenters. The van der Waals surface area contributed by atoms with Gasteiger partial charge in [0, 0.05) is 32.8 Å². The monoisotopic (exact) mass is 379 g/mol. The van der Waals surface area contributed by atoms with Crippen LogP contribution in [0.5, 0.6) is 0 Å². The Bertz CT molecular complexity index is 825. The van der Waals surface area contributed by atoms with Crippen molar-refractivity contribution in [1.82, 2.24) is 14.8 Å². The number of pyridine rings is 1. The van der Waals surface area contributed by atoms with E-state index >= 15 is 0 Å². The first-order valence-corrected chi connectivity index (χ1v) is 9.76. The number of carbonyl (C=O) groups is 2. The fraction of sp³-hybridized carbons (Fsp3) is 0.435. The van der Waals surface area contributed by atoms with Crippen molar-refractivity contribution in [3.05, 3.63) is 65.5 Å². The normalized spacial score (nSPS) is 17.1. The van der Waals surface area contributed by atoms with E-state index in [1.54, 1.807) is 16.0 Å². The maximum atomic E-state index is 12.9. The molecule has 0 bridgehead atoms. The Kier molecular flexibility index (Phi) is 5.82. The summed E-state index contributed by atoms with van der Waals surface area (Å²) in [5.74, 6) is -0.237. The van der Waals surface area contributed by atoms with E-state index < -0.39 is 0 Å². The molecule has 0 unspecified atom stereocenters. The molecule has 3 rings (SSSR count). The van der Waals surface area contributed by atoms with Crippen molar-refractivity contribution >= 4 is 11.8 Å². The van der Waals surface area contributed by atoms with Crippen molar-refractivity contribution in [3.8, 4) is 0 Å². The molecule has 0 saturated carbocycles. The zero-order valence-corrected chi connectivity index (χ0v) is 17.2. The minimum atomic E-state index is -0.282. The van der Waals surface area contributed by atoms with Gasteiger partial charge in [0.2, 0.25) is 11.8 Å². The number of amides is 2. The molecular formula is C23H29N3O2. The van der Waals surface area contributed by atoms with E-state index in [0.29, 0.717) is 19.6 Å². The molecule has 2 heterocycles. The van der Waals surface area contributed by atoms with E-state index in [4.69, 9.17) is 0 Å². The van der Waals surface area contributed by atoms with Gasteiger partial charge in [-0.1, -0.05) is 51.1 Å². The lowest BCUT2D eigenvalue weighted by molar-refractivity contribution is -0.135. The molecule has 1 aliphatic rings. The van der Waals surface area contributed by atoms with Crippen LogP contribution in [0.1, 0.15) is 44.0 Å². The number of nitrogens with zero attached hydrogens (tertiary/aromatic N) is 3. The van der Waals surface area contributed by atoms with E-state index in [1.165, 1.54) is 5.56 Å². The van der Waals surface area contributed by atoms with Gasteiger partial charge in [-0.15, -0.1) is 0 Å². The van der Waals surface area contributed by atoms with E-state index in [-0.39, 0.29) is 29.6 Å². The zero-order chi connectivity index (χ0) is 20.3. The maximum absolute atomic E-state index is 12.9. The highest BCUT2D eigenvalue weighted by Gasteiger charge is 2.35. The molecule has 148 valence electrons. The second-order valence-corrected chi connectivity index (χ2v) is 8.64. The molecule has 5 heteroatoms. The third-order valence-electron chi connectivity index (χ3n) is 5.26. The van der Waals surface area contributed by atoms with Gasteiger partial charge in [-0.25, -0.2) is 0 Å². The van der Waals surface area contributed by atoms with Gasteiger partial charge in [0.25, 0.3) is 0 Å². The van der Waals surface area contributed by atoms with Crippen molar-refractivity contribution < 1.29 is 9.59 Å². The molecule has 0 radical (unpaired) electrons. The van der Waals surface area contributed by atoms with Crippen LogP contribution in [0.25, 0.3) is 0 Å². The second kappa shape index (κ2) is 8.13. The number of likely N-dealkylation sites (tertiary alicyclic amines) is 1. The predicted octanol–water partition coefficient (Wildman–Crippen LogP) is 3.39. The average Bonchev–Trinajstić information content (AvgIpc) is 3.02. The highest BCUT2D eigenvalue weighted by Crippen LogP contribution is 2.24. The molecule has 28 heavy (non-hydrogen) atoms. The largest absolute Gasteiger partial charge is 0.341 e. The number of rotatable bonds is 5. The third kappa shape index (κ3) is 4.77.